The first-order chi connectivity index (χ1) is 14.1. The molecule has 4 rings (SSSR count). The summed E-state index contributed by atoms with van der Waals surface area (Å²) in [5.41, 5.74) is 5.11. The normalized spacial score (nSPS) is 13.8. The Balaban J connectivity index is 1.81. The Morgan fingerprint density at radius 3 is 2.62 bits per heavy atom. The molecule has 0 amide bonds. The van der Waals surface area contributed by atoms with Crippen molar-refractivity contribution < 1.29 is 19.4 Å². The molecule has 1 aliphatic rings. The largest absolute Gasteiger partial charge is 0.478 e. The quantitative estimate of drug-likeness (QED) is 0.621. The van der Waals surface area contributed by atoms with E-state index in [2.05, 4.69) is 22.9 Å². The lowest BCUT2D eigenvalue weighted by atomic mass is 10.0. The van der Waals surface area contributed by atoms with Crippen LogP contribution >= 0.6 is 0 Å². The average molecular weight is 389 g/mol. The van der Waals surface area contributed by atoms with Crippen molar-refractivity contribution in [1.29, 1.82) is 0 Å². The number of ether oxygens (including phenoxy) is 1. The van der Waals surface area contributed by atoms with E-state index in [1.54, 1.807) is 12.1 Å². The molecule has 1 N–H and O–H groups in total. The molecule has 2 aromatic carbocycles. The molecule has 0 radical (unpaired) electrons. The van der Waals surface area contributed by atoms with E-state index in [-0.39, 0.29) is 11.5 Å². The first kappa shape index (κ1) is 19.0. The average Bonchev–Trinajstić information content (AvgIpc) is 3.36. The third-order valence-electron chi connectivity index (χ3n) is 5.59. The zero-order chi connectivity index (χ0) is 20.4. The predicted molar refractivity (Wildman–Crippen MR) is 112 cm³/mol. The summed E-state index contributed by atoms with van der Waals surface area (Å²) in [5.74, 6) is -1.22. The number of esters is 1. The summed E-state index contributed by atoms with van der Waals surface area (Å²) in [6, 6.07) is 15.4. The molecule has 1 heterocycles. The number of carboxylic acids is 1. The first-order valence-corrected chi connectivity index (χ1v) is 9.79. The van der Waals surface area contributed by atoms with Gasteiger partial charge in [0.2, 0.25) is 0 Å². The standard InChI is InChI=1S/C24H23NO4/c1-29-24(28)20-9-5-8-18(20)21-15-25(13-12-16-6-3-2-4-7-16)22-14-17(23(26)27)10-11-19(21)22/h2-4,6-7,10-11,14-15H,5,8-9,12-13H2,1H3,(H,26,27). The van der Waals surface area contributed by atoms with Crippen molar-refractivity contribution in [3.63, 3.8) is 0 Å². The zero-order valence-corrected chi connectivity index (χ0v) is 16.4. The molecule has 29 heavy (non-hydrogen) atoms. The number of aromatic nitrogens is 1. The van der Waals surface area contributed by atoms with Crippen LogP contribution in [0.2, 0.25) is 0 Å². The minimum absolute atomic E-state index is 0.261. The minimum Gasteiger partial charge on any atom is -0.478 e. The summed E-state index contributed by atoms with van der Waals surface area (Å²) in [7, 11) is 1.41. The van der Waals surface area contributed by atoms with Crippen LogP contribution in [-0.2, 0) is 22.5 Å². The lowest BCUT2D eigenvalue weighted by Crippen LogP contribution is -2.04. The lowest BCUT2D eigenvalue weighted by molar-refractivity contribution is -0.136. The van der Waals surface area contributed by atoms with Gasteiger partial charge in [0, 0.05) is 34.8 Å². The van der Waals surface area contributed by atoms with Gasteiger partial charge in [-0.2, -0.15) is 0 Å². The fraction of sp³-hybridized carbons (Fsp3) is 0.250. The number of nitrogens with zero attached hydrogens (tertiary/aromatic N) is 1. The van der Waals surface area contributed by atoms with Gasteiger partial charge in [-0.25, -0.2) is 9.59 Å². The molecule has 5 heteroatoms. The second-order valence-electron chi connectivity index (χ2n) is 7.31. The van der Waals surface area contributed by atoms with Crippen LogP contribution in [0.15, 0.2) is 60.3 Å². The smallest absolute Gasteiger partial charge is 0.335 e. The monoisotopic (exact) mass is 389 g/mol. The van der Waals surface area contributed by atoms with E-state index in [1.165, 1.54) is 12.7 Å². The van der Waals surface area contributed by atoms with Gasteiger partial charge in [-0.1, -0.05) is 36.4 Å². The Bertz CT molecular complexity index is 1110. The van der Waals surface area contributed by atoms with E-state index in [0.717, 1.165) is 53.4 Å². The molecule has 0 saturated carbocycles. The first-order valence-electron chi connectivity index (χ1n) is 9.79. The van der Waals surface area contributed by atoms with Crippen LogP contribution in [0.4, 0.5) is 0 Å². The Kier molecular flexibility index (Phi) is 5.21. The van der Waals surface area contributed by atoms with E-state index in [4.69, 9.17) is 4.74 Å². The summed E-state index contributed by atoms with van der Waals surface area (Å²) in [6.45, 7) is 0.727. The van der Waals surface area contributed by atoms with Crippen LogP contribution in [0.25, 0.3) is 16.5 Å². The number of carbonyl (C=O) groups is 2. The molecule has 5 nitrogen and oxygen atoms in total. The van der Waals surface area contributed by atoms with Gasteiger partial charge in [0.15, 0.2) is 0 Å². The number of benzene rings is 2. The summed E-state index contributed by atoms with van der Waals surface area (Å²) < 4.78 is 7.08. The maximum absolute atomic E-state index is 12.2. The molecule has 0 aliphatic heterocycles. The van der Waals surface area contributed by atoms with Crippen LogP contribution in [0.3, 0.4) is 0 Å². The molecule has 0 spiro atoms. The molecule has 148 valence electrons. The third kappa shape index (κ3) is 3.68. The number of carbonyl (C=O) groups excluding carboxylic acids is 1. The third-order valence-corrected chi connectivity index (χ3v) is 5.59. The number of aryl methyl sites for hydroxylation is 2. The zero-order valence-electron chi connectivity index (χ0n) is 16.4. The van der Waals surface area contributed by atoms with Gasteiger partial charge in [0.05, 0.1) is 12.7 Å². The number of rotatable bonds is 6. The number of hydrogen-bond acceptors (Lipinski definition) is 3. The summed E-state index contributed by atoms with van der Waals surface area (Å²) >= 11 is 0. The Morgan fingerprint density at radius 1 is 1.10 bits per heavy atom. The fourth-order valence-electron chi connectivity index (χ4n) is 4.13. The number of hydrogen-bond donors (Lipinski definition) is 1. The molecule has 0 unspecified atom stereocenters. The van der Waals surface area contributed by atoms with Crippen LogP contribution in [0.5, 0.6) is 0 Å². The predicted octanol–water partition coefficient (Wildman–Crippen LogP) is 4.69. The maximum atomic E-state index is 12.2. The van der Waals surface area contributed by atoms with Crippen LogP contribution < -0.4 is 0 Å². The highest BCUT2D eigenvalue weighted by Crippen LogP contribution is 2.39. The number of aromatic carboxylic acids is 1. The van der Waals surface area contributed by atoms with E-state index in [9.17, 15) is 14.7 Å². The molecular formula is C24H23NO4. The summed E-state index contributed by atoms with van der Waals surface area (Å²) in [6.07, 6.45) is 5.35. The maximum Gasteiger partial charge on any atom is 0.335 e. The Hall–Kier alpha value is -3.34. The van der Waals surface area contributed by atoms with Gasteiger partial charge in [0.1, 0.15) is 0 Å². The highest BCUT2D eigenvalue weighted by atomic mass is 16.5. The number of allylic oxidation sites excluding steroid dienone is 1. The summed E-state index contributed by atoms with van der Waals surface area (Å²) in [4.78, 5) is 23.7. The van der Waals surface area contributed by atoms with E-state index in [1.807, 2.05) is 24.3 Å². The van der Waals surface area contributed by atoms with Crippen molar-refractivity contribution >= 4 is 28.4 Å². The van der Waals surface area contributed by atoms with Crippen LogP contribution in [0.1, 0.15) is 40.7 Å². The minimum atomic E-state index is -0.945. The second-order valence-corrected chi connectivity index (χ2v) is 7.31. The number of fused-ring (bicyclic) bond motifs is 1. The van der Waals surface area contributed by atoms with Crippen molar-refractivity contribution in [3.8, 4) is 0 Å². The number of carboxylic acid groups (broad SMARTS) is 1. The topological polar surface area (TPSA) is 68.5 Å². The van der Waals surface area contributed by atoms with Crippen molar-refractivity contribution in [2.24, 2.45) is 0 Å². The molecular weight excluding hydrogens is 366 g/mol. The van der Waals surface area contributed by atoms with Gasteiger partial charge in [0.25, 0.3) is 0 Å². The van der Waals surface area contributed by atoms with Crippen molar-refractivity contribution in [3.05, 3.63) is 77.0 Å². The van der Waals surface area contributed by atoms with Crippen molar-refractivity contribution in [2.75, 3.05) is 7.11 Å². The SMILES string of the molecule is COC(=O)C1=C(c2cn(CCc3ccccc3)c3cc(C(=O)O)ccc23)CCC1. The molecule has 3 aromatic rings. The van der Waals surface area contributed by atoms with Gasteiger partial charge in [-0.05, 0) is 49.0 Å². The van der Waals surface area contributed by atoms with Gasteiger partial charge in [-0.3, -0.25) is 0 Å². The van der Waals surface area contributed by atoms with E-state index < -0.39 is 5.97 Å². The fourth-order valence-corrected chi connectivity index (χ4v) is 4.13. The number of methoxy groups -OCH3 is 1. The lowest BCUT2D eigenvalue weighted by Gasteiger charge is -2.06. The molecule has 0 bridgehead atoms. The Labute approximate surface area is 169 Å². The molecule has 1 aliphatic carbocycles. The molecule has 0 atom stereocenters. The molecule has 0 fully saturated rings. The van der Waals surface area contributed by atoms with Crippen LogP contribution in [0, 0.1) is 0 Å². The van der Waals surface area contributed by atoms with Crippen molar-refractivity contribution in [2.45, 2.75) is 32.2 Å². The van der Waals surface area contributed by atoms with E-state index >= 15 is 0 Å². The van der Waals surface area contributed by atoms with E-state index in [0.29, 0.717) is 6.42 Å². The summed E-state index contributed by atoms with van der Waals surface area (Å²) in [5, 5.41) is 10.4. The van der Waals surface area contributed by atoms with Crippen LogP contribution in [-0.4, -0.2) is 28.7 Å². The Morgan fingerprint density at radius 2 is 1.90 bits per heavy atom. The van der Waals surface area contributed by atoms with Crippen molar-refractivity contribution in [1.82, 2.24) is 4.57 Å². The highest BCUT2D eigenvalue weighted by Gasteiger charge is 2.25. The highest BCUT2D eigenvalue weighted by molar-refractivity contribution is 6.04. The van der Waals surface area contributed by atoms with Gasteiger partial charge >= 0.3 is 11.9 Å². The second kappa shape index (κ2) is 7.95. The van der Waals surface area contributed by atoms with Gasteiger partial charge in [-0.15, -0.1) is 0 Å². The molecule has 1 aromatic heterocycles. The van der Waals surface area contributed by atoms with Gasteiger partial charge < -0.3 is 14.4 Å². The molecule has 0 saturated heterocycles.